The molecule has 0 heterocycles. The SMILES string of the molecule is CCCC(N)(C(=O)CC)C(=O)OC(C)(C)C. The Hall–Kier alpha value is -0.900. The number of hydrogen-bond donors (Lipinski definition) is 1. The fraction of sp³-hybridized carbons (Fsp3) is 0.833. The third kappa shape index (κ3) is 3.93. The van der Waals surface area contributed by atoms with Crippen molar-refractivity contribution in [3.8, 4) is 0 Å². The van der Waals surface area contributed by atoms with Gasteiger partial charge in [-0.2, -0.15) is 0 Å². The summed E-state index contributed by atoms with van der Waals surface area (Å²) in [6.45, 7) is 8.86. The van der Waals surface area contributed by atoms with Crippen LogP contribution in [0.4, 0.5) is 0 Å². The molecule has 0 rings (SSSR count). The largest absolute Gasteiger partial charge is 0.458 e. The Morgan fingerprint density at radius 3 is 2.00 bits per heavy atom. The second-order valence-corrected chi connectivity index (χ2v) is 5.00. The molecule has 94 valence electrons. The lowest BCUT2D eigenvalue weighted by molar-refractivity contribution is -0.164. The van der Waals surface area contributed by atoms with Gasteiger partial charge in [0.15, 0.2) is 11.3 Å². The van der Waals surface area contributed by atoms with Crippen LogP contribution in [0.1, 0.15) is 53.9 Å². The number of Topliss-reactive ketones (excluding diaryl/α,β-unsaturated/α-hetero) is 1. The van der Waals surface area contributed by atoms with Crippen LogP contribution in [0.2, 0.25) is 0 Å². The zero-order chi connectivity index (χ0) is 13.0. The van der Waals surface area contributed by atoms with Crippen molar-refractivity contribution in [3.05, 3.63) is 0 Å². The zero-order valence-electron chi connectivity index (χ0n) is 10.9. The number of esters is 1. The molecule has 0 amide bonds. The van der Waals surface area contributed by atoms with E-state index in [0.29, 0.717) is 12.8 Å². The van der Waals surface area contributed by atoms with E-state index < -0.39 is 17.1 Å². The number of carbonyl (C=O) groups is 2. The molecule has 0 saturated carbocycles. The molecule has 0 aromatic carbocycles. The number of ether oxygens (including phenoxy) is 1. The topological polar surface area (TPSA) is 69.4 Å². The molecule has 0 aromatic rings. The van der Waals surface area contributed by atoms with Crippen LogP contribution in [0, 0.1) is 0 Å². The van der Waals surface area contributed by atoms with Gasteiger partial charge in [0.1, 0.15) is 5.60 Å². The van der Waals surface area contributed by atoms with E-state index in [1.165, 1.54) is 0 Å². The Bertz CT molecular complexity index is 268. The van der Waals surface area contributed by atoms with Crippen molar-refractivity contribution in [2.24, 2.45) is 5.73 Å². The van der Waals surface area contributed by atoms with Gasteiger partial charge in [0, 0.05) is 6.42 Å². The standard InChI is InChI=1S/C12H23NO3/c1-6-8-12(13,9(14)7-2)10(15)16-11(3,4)5/h6-8,13H2,1-5H3. The molecule has 0 spiro atoms. The first kappa shape index (κ1) is 15.1. The summed E-state index contributed by atoms with van der Waals surface area (Å²) in [7, 11) is 0. The van der Waals surface area contributed by atoms with Crippen molar-refractivity contribution >= 4 is 11.8 Å². The lowest BCUT2D eigenvalue weighted by Crippen LogP contribution is -2.56. The Kier molecular flexibility index (Phi) is 5.13. The van der Waals surface area contributed by atoms with Crippen LogP contribution in [0.3, 0.4) is 0 Å². The first-order valence-electron chi connectivity index (χ1n) is 5.73. The molecule has 0 aliphatic heterocycles. The monoisotopic (exact) mass is 229 g/mol. The summed E-state index contributed by atoms with van der Waals surface area (Å²) in [6, 6.07) is 0. The van der Waals surface area contributed by atoms with E-state index in [0.717, 1.165) is 0 Å². The van der Waals surface area contributed by atoms with Crippen molar-refractivity contribution in [2.75, 3.05) is 0 Å². The molecule has 1 atom stereocenters. The van der Waals surface area contributed by atoms with E-state index >= 15 is 0 Å². The number of carbonyl (C=O) groups excluding carboxylic acids is 2. The Morgan fingerprint density at radius 1 is 1.19 bits per heavy atom. The van der Waals surface area contributed by atoms with Gasteiger partial charge < -0.3 is 10.5 Å². The number of hydrogen-bond acceptors (Lipinski definition) is 4. The van der Waals surface area contributed by atoms with Crippen molar-refractivity contribution in [3.63, 3.8) is 0 Å². The highest BCUT2D eigenvalue weighted by molar-refractivity contribution is 6.08. The van der Waals surface area contributed by atoms with Crippen LogP contribution in [0.5, 0.6) is 0 Å². The third-order valence-electron chi connectivity index (χ3n) is 2.23. The fourth-order valence-corrected chi connectivity index (χ4v) is 1.43. The predicted octanol–water partition coefficient (Wildman–Crippen LogP) is 1.80. The maximum absolute atomic E-state index is 11.9. The predicted molar refractivity (Wildman–Crippen MR) is 63.0 cm³/mol. The molecule has 1 unspecified atom stereocenters. The van der Waals surface area contributed by atoms with Gasteiger partial charge in [-0.3, -0.25) is 4.79 Å². The van der Waals surface area contributed by atoms with E-state index in [4.69, 9.17) is 10.5 Å². The fourth-order valence-electron chi connectivity index (χ4n) is 1.43. The summed E-state index contributed by atoms with van der Waals surface area (Å²) in [5, 5.41) is 0. The van der Waals surface area contributed by atoms with Crippen molar-refractivity contribution in [1.29, 1.82) is 0 Å². The molecule has 4 nitrogen and oxygen atoms in total. The van der Waals surface area contributed by atoms with E-state index in [1.807, 2.05) is 6.92 Å². The van der Waals surface area contributed by atoms with E-state index in [1.54, 1.807) is 27.7 Å². The van der Waals surface area contributed by atoms with Crippen LogP contribution in [-0.4, -0.2) is 22.9 Å². The number of rotatable bonds is 5. The van der Waals surface area contributed by atoms with Gasteiger partial charge in [-0.1, -0.05) is 20.3 Å². The number of nitrogens with two attached hydrogens (primary N) is 1. The highest BCUT2D eigenvalue weighted by Crippen LogP contribution is 2.19. The van der Waals surface area contributed by atoms with Crippen molar-refractivity contribution in [2.45, 2.75) is 65.0 Å². The minimum atomic E-state index is -1.48. The minimum absolute atomic E-state index is 0.246. The molecule has 0 bridgehead atoms. The molecule has 16 heavy (non-hydrogen) atoms. The molecule has 0 fully saturated rings. The average molecular weight is 229 g/mol. The quantitative estimate of drug-likeness (QED) is 0.576. The van der Waals surface area contributed by atoms with Gasteiger partial charge in [0.2, 0.25) is 0 Å². The summed E-state index contributed by atoms with van der Waals surface area (Å²) in [6.07, 6.45) is 1.24. The molecule has 4 heteroatoms. The third-order valence-corrected chi connectivity index (χ3v) is 2.23. The molecule has 2 N–H and O–H groups in total. The molecule has 0 radical (unpaired) electrons. The second kappa shape index (κ2) is 5.43. The van der Waals surface area contributed by atoms with Gasteiger partial charge in [0.05, 0.1) is 0 Å². The number of ketones is 1. The minimum Gasteiger partial charge on any atom is -0.458 e. The summed E-state index contributed by atoms with van der Waals surface area (Å²) < 4.78 is 5.19. The Labute approximate surface area is 97.5 Å². The van der Waals surface area contributed by atoms with Gasteiger partial charge in [-0.25, -0.2) is 4.79 Å². The summed E-state index contributed by atoms with van der Waals surface area (Å²) in [4.78, 5) is 23.6. The maximum atomic E-state index is 11.9. The van der Waals surface area contributed by atoms with Crippen molar-refractivity contribution < 1.29 is 14.3 Å². The normalized spacial score (nSPS) is 15.4. The van der Waals surface area contributed by atoms with Crippen LogP contribution in [0.25, 0.3) is 0 Å². The highest BCUT2D eigenvalue weighted by atomic mass is 16.6. The van der Waals surface area contributed by atoms with Gasteiger partial charge in [-0.15, -0.1) is 0 Å². The zero-order valence-corrected chi connectivity index (χ0v) is 10.9. The first-order chi connectivity index (χ1) is 7.17. The second-order valence-electron chi connectivity index (χ2n) is 5.00. The molecule has 0 aliphatic carbocycles. The van der Waals surface area contributed by atoms with Crippen LogP contribution >= 0.6 is 0 Å². The van der Waals surface area contributed by atoms with Gasteiger partial charge in [-0.05, 0) is 27.2 Å². The van der Waals surface area contributed by atoms with Crippen molar-refractivity contribution in [1.82, 2.24) is 0 Å². The smallest absolute Gasteiger partial charge is 0.334 e. The Morgan fingerprint density at radius 2 is 1.69 bits per heavy atom. The van der Waals surface area contributed by atoms with Gasteiger partial charge >= 0.3 is 5.97 Å². The van der Waals surface area contributed by atoms with Crippen LogP contribution in [0.15, 0.2) is 0 Å². The highest BCUT2D eigenvalue weighted by Gasteiger charge is 2.42. The average Bonchev–Trinajstić information content (AvgIpc) is 2.14. The van der Waals surface area contributed by atoms with Crippen LogP contribution < -0.4 is 5.73 Å². The summed E-state index contributed by atoms with van der Waals surface area (Å²) >= 11 is 0. The molecule has 0 aromatic heterocycles. The van der Waals surface area contributed by atoms with E-state index in [-0.39, 0.29) is 12.2 Å². The summed E-state index contributed by atoms with van der Waals surface area (Å²) in [5.74, 6) is -0.878. The van der Waals surface area contributed by atoms with E-state index in [9.17, 15) is 9.59 Å². The van der Waals surface area contributed by atoms with Crippen LogP contribution in [-0.2, 0) is 14.3 Å². The Balaban J connectivity index is 4.91. The maximum Gasteiger partial charge on any atom is 0.334 e. The lowest BCUT2D eigenvalue weighted by Gasteiger charge is -2.29. The molecule has 0 aliphatic rings. The first-order valence-corrected chi connectivity index (χ1v) is 5.73. The lowest BCUT2D eigenvalue weighted by atomic mass is 9.88. The molecule has 0 saturated heterocycles. The summed E-state index contributed by atoms with van der Waals surface area (Å²) in [5.41, 5.74) is 3.79. The van der Waals surface area contributed by atoms with E-state index in [2.05, 4.69) is 0 Å². The molecular formula is C12H23NO3. The molecular weight excluding hydrogens is 206 g/mol. The van der Waals surface area contributed by atoms with Gasteiger partial charge in [0.25, 0.3) is 0 Å².